The van der Waals surface area contributed by atoms with Gasteiger partial charge in [-0.3, -0.25) is 9.69 Å². The first-order chi connectivity index (χ1) is 13.1. The molecule has 0 aliphatic carbocycles. The van der Waals surface area contributed by atoms with E-state index in [2.05, 4.69) is 4.90 Å². The van der Waals surface area contributed by atoms with Gasteiger partial charge in [-0.05, 0) is 29.8 Å². The SMILES string of the molecule is O=C(/C=C/c1ccccc1)N1CCN(CCOc2ccc(Cl)cc2Cl)CC1. The van der Waals surface area contributed by atoms with E-state index in [-0.39, 0.29) is 5.91 Å². The van der Waals surface area contributed by atoms with E-state index in [0.717, 1.165) is 38.3 Å². The van der Waals surface area contributed by atoms with Gasteiger partial charge in [0.25, 0.3) is 0 Å². The van der Waals surface area contributed by atoms with E-state index in [0.29, 0.717) is 22.4 Å². The average molecular weight is 405 g/mol. The number of hydrogen-bond acceptors (Lipinski definition) is 3. The molecule has 2 aromatic rings. The molecule has 0 aromatic heterocycles. The predicted molar refractivity (Wildman–Crippen MR) is 110 cm³/mol. The van der Waals surface area contributed by atoms with Gasteiger partial charge in [0.1, 0.15) is 12.4 Å². The Morgan fingerprint density at radius 1 is 1.04 bits per heavy atom. The summed E-state index contributed by atoms with van der Waals surface area (Å²) in [6, 6.07) is 15.1. The van der Waals surface area contributed by atoms with Crippen molar-refractivity contribution in [3.8, 4) is 5.75 Å². The van der Waals surface area contributed by atoms with Gasteiger partial charge in [0, 0.05) is 43.8 Å². The standard InChI is InChI=1S/C21H22Cl2N2O2/c22-18-7-8-20(19(23)16-18)27-15-14-24-10-12-25(13-11-24)21(26)9-6-17-4-2-1-3-5-17/h1-9,16H,10-15H2/b9-6+. The van der Waals surface area contributed by atoms with Crippen molar-refractivity contribution >= 4 is 35.2 Å². The minimum Gasteiger partial charge on any atom is -0.491 e. The monoisotopic (exact) mass is 404 g/mol. The molecule has 0 N–H and O–H groups in total. The molecule has 1 fully saturated rings. The summed E-state index contributed by atoms with van der Waals surface area (Å²) in [4.78, 5) is 16.5. The fraction of sp³-hybridized carbons (Fsp3) is 0.286. The maximum absolute atomic E-state index is 12.3. The number of nitrogens with zero attached hydrogens (tertiary/aromatic N) is 2. The number of carbonyl (C=O) groups excluding carboxylic acids is 1. The highest BCUT2D eigenvalue weighted by atomic mass is 35.5. The van der Waals surface area contributed by atoms with Gasteiger partial charge in [0.05, 0.1) is 5.02 Å². The van der Waals surface area contributed by atoms with Crippen molar-refractivity contribution in [1.29, 1.82) is 0 Å². The van der Waals surface area contributed by atoms with E-state index in [1.54, 1.807) is 24.3 Å². The first kappa shape index (κ1) is 19.7. The third-order valence-electron chi connectivity index (χ3n) is 4.46. The third-order valence-corrected chi connectivity index (χ3v) is 4.99. The maximum Gasteiger partial charge on any atom is 0.246 e. The molecule has 0 bridgehead atoms. The van der Waals surface area contributed by atoms with Crippen molar-refractivity contribution in [2.75, 3.05) is 39.3 Å². The third kappa shape index (κ3) is 5.99. The number of halogens is 2. The van der Waals surface area contributed by atoms with Crippen molar-refractivity contribution in [2.45, 2.75) is 0 Å². The fourth-order valence-corrected chi connectivity index (χ4v) is 3.37. The van der Waals surface area contributed by atoms with Crippen LogP contribution in [0.2, 0.25) is 10.0 Å². The van der Waals surface area contributed by atoms with Crippen LogP contribution in [0, 0.1) is 0 Å². The summed E-state index contributed by atoms with van der Waals surface area (Å²) < 4.78 is 5.73. The number of ether oxygens (including phenoxy) is 1. The Morgan fingerprint density at radius 2 is 1.78 bits per heavy atom. The van der Waals surface area contributed by atoms with E-state index in [9.17, 15) is 4.79 Å². The van der Waals surface area contributed by atoms with Gasteiger partial charge >= 0.3 is 0 Å². The summed E-state index contributed by atoms with van der Waals surface area (Å²) in [6.45, 7) is 4.45. The highest BCUT2D eigenvalue weighted by molar-refractivity contribution is 6.35. The van der Waals surface area contributed by atoms with Gasteiger partial charge in [-0.2, -0.15) is 0 Å². The Balaban J connectivity index is 1.39. The van der Waals surface area contributed by atoms with Crippen LogP contribution in [0.4, 0.5) is 0 Å². The molecule has 1 heterocycles. The molecule has 142 valence electrons. The largest absolute Gasteiger partial charge is 0.491 e. The van der Waals surface area contributed by atoms with Crippen LogP contribution in [0.25, 0.3) is 6.08 Å². The Bertz CT molecular complexity index is 788. The number of hydrogen-bond donors (Lipinski definition) is 0. The quantitative estimate of drug-likeness (QED) is 0.675. The smallest absolute Gasteiger partial charge is 0.246 e. The fourth-order valence-electron chi connectivity index (χ4n) is 2.91. The number of carbonyl (C=O) groups is 1. The van der Waals surface area contributed by atoms with Crippen molar-refractivity contribution in [3.05, 3.63) is 70.2 Å². The van der Waals surface area contributed by atoms with Crippen LogP contribution in [-0.4, -0.2) is 55.0 Å². The molecule has 3 rings (SSSR count). The average Bonchev–Trinajstić information content (AvgIpc) is 2.69. The molecule has 1 aliphatic heterocycles. The minimum atomic E-state index is 0.0581. The van der Waals surface area contributed by atoms with Gasteiger partial charge in [0.2, 0.25) is 5.91 Å². The van der Waals surface area contributed by atoms with Crippen LogP contribution in [0.5, 0.6) is 5.75 Å². The topological polar surface area (TPSA) is 32.8 Å². The van der Waals surface area contributed by atoms with Crippen LogP contribution in [-0.2, 0) is 4.79 Å². The Hall–Kier alpha value is -2.01. The van der Waals surface area contributed by atoms with Crippen molar-refractivity contribution in [3.63, 3.8) is 0 Å². The number of piperazine rings is 1. The molecule has 1 saturated heterocycles. The lowest BCUT2D eigenvalue weighted by Crippen LogP contribution is -2.49. The molecule has 0 radical (unpaired) electrons. The molecule has 1 aliphatic rings. The van der Waals surface area contributed by atoms with Crippen molar-refractivity contribution < 1.29 is 9.53 Å². The van der Waals surface area contributed by atoms with Crippen LogP contribution < -0.4 is 4.74 Å². The Morgan fingerprint density at radius 3 is 2.48 bits per heavy atom. The summed E-state index contributed by atoms with van der Waals surface area (Å²) in [5.74, 6) is 0.698. The summed E-state index contributed by atoms with van der Waals surface area (Å²) in [5, 5.41) is 1.11. The van der Waals surface area contributed by atoms with Crippen molar-refractivity contribution in [2.24, 2.45) is 0 Å². The summed E-state index contributed by atoms with van der Waals surface area (Å²) >= 11 is 12.0. The number of amides is 1. The number of rotatable bonds is 6. The molecule has 0 unspecified atom stereocenters. The Labute approximate surface area is 169 Å². The Kier molecular flexibility index (Phi) is 7.16. The lowest BCUT2D eigenvalue weighted by Gasteiger charge is -2.34. The van der Waals surface area contributed by atoms with Gasteiger partial charge in [-0.1, -0.05) is 53.5 Å². The highest BCUT2D eigenvalue weighted by Gasteiger charge is 2.19. The second-order valence-corrected chi connectivity index (χ2v) is 7.18. The molecule has 1 amide bonds. The van der Waals surface area contributed by atoms with E-state index in [1.807, 2.05) is 41.3 Å². The highest BCUT2D eigenvalue weighted by Crippen LogP contribution is 2.27. The van der Waals surface area contributed by atoms with E-state index >= 15 is 0 Å². The van der Waals surface area contributed by atoms with Crippen molar-refractivity contribution in [1.82, 2.24) is 9.80 Å². The zero-order chi connectivity index (χ0) is 19.1. The van der Waals surface area contributed by atoms with Gasteiger partial charge < -0.3 is 9.64 Å². The van der Waals surface area contributed by atoms with E-state index < -0.39 is 0 Å². The van der Waals surface area contributed by atoms with Crippen LogP contribution in [0.15, 0.2) is 54.6 Å². The molecule has 6 heteroatoms. The molecular formula is C21H22Cl2N2O2. The minimum absolute atomic E-state index is 0.0581. The molecule has 0 atom stereocenters. The molecular weight excluding hydrogens is 383 g/mol. The summed E-state index contributed by atoms with van der Waals surface area (Å²) in [6.07, 6.45) is 3.51. The lowest BCUT2D eigenvalue weighted by atomic mass is 10.2. The second kappa shape index (κ2) is 9.79. The molecule has 2 aromatic carbocycles. The van der Waals surface area contributed by atoms with E-state index in [4.69, 9.17) is 27.9 Å². The number of benzene rings is 2. The first-order valence-electron chi connectivity index (χ1n) is 8.94. The van der Waals surface area contributed by atoms with Crippen LogP contribution in [0.3, 0.4) is 0 Å². The molecule has 0 saturated carbocycles. The molecule has 27 heavy (non-hydrogen) atoms. The van der Waals surface area contributed by atoms with E-state index in [1.165, 1.54) is 0 Å². The van der Waals surface area contributed by atoms with Gasteiger partial charge in [-0.25, -0.2) is 0 Å². The second-order valence-electron chi connectivity index (χ2n) is 6.33. The summed E-state index contributed by atoms with van der Waals surface area (Å²) in [5.41, 5.74) is 1.03. The summed E-state index contributed by atoms with van der Waals surface area (Å²) in [7, 11) is 0. The van der Waals surface area contributed by atoms with Crippen LogP contribution in [0.1, 0.15) is 5.56 Å². The first-order valence-corrected chi connectivity index (χ1v) is 9.69. The van der Waals surface area contributed by atoms with Crippen LogP contribution >= 0.6 is 23.2 Å². The predicted octanol–water partition coefficient (Wildman–Crippen LogP) is 4.23. The lowest BCUT2D eigenvalue weighted by molar-refractivity contribution is -0.127. The normalized spacial score (nSPS) is 15.3. The molecule has 4 nitrogen and oxygen atoms in total. The maximum atomic E-state index is 12.3. The zero-order valence-corrected chi connectivity index (χ0v) is 16.5. The van der Waals surface area contributed by atoms with Gasteiger partial charge in [0.15, 0.2) is 0 Å². The van der Waals surface area contributed by atoms with Gasteiger partial charge in [-0.15, -0.1) is 0 Å². The zero-order valence-electron chi connectivity index (χ0n) is 15.0. The molecule has 0 spiro atoms.